The van der Waals surface area contributed by atoms with Crippen LogP contribution in [0.5, 0.6) is 0 Å². The Morgan fingerprint density at radius 1 is 1.64 bits per heavy atom. The molecule has 1 atom stereocenters. The molecular weight excluding hydrogens is 188 g/mol. The van der Waals surface area contributed by atoms with E-state index >= 15 is 0 Å². The molecule has 2 amide bonds. The zero-order valence-electron chi connectivity index (χ0n) is 7.82. The summed E-state index contributed by atoms with van der Waals surface area (Å²) in [6.07, 6.45) is 0.421. The largest absolute Gasteiger partial charge is 0.474 e. The number of aliphatic carboxylic acids is 1. The summed E-state index contributed by atoms with van der Waals surface area (Å²) < 4.78 is 0. The number of piperazine rings is 1. The Morgan fingerprint density at radius 3 is 2.79 bits per heavy atom. The molecule has 0 aromatic rings. The number of carbonyl (C=O) groups is 3. The maximum atomic E-state index is 11.3. The van der Waals surface area contributed by atoms with Gasteiger partial charge in [0.1, 0.15) is 6.04 Å². The van der Waals surface area contributed by atoms with Gasteiger partial charge in [0.25, 0.3) is 0 Å². The molecule has 0 aromatic carbocycles. The maximum absolute atomic E-state index is 11.3. The van der Waals surface area contributed by atoms with E-state index in [4.69, 9.17) is 5.11 Å². The average molecular weight is 200 g/mol. The standard InChI is InChI=1S/C8H12N2O4/c1-2-5-6(11)9-3-4-10(5)7(12)8(13)14/h5H,2-4H2,1H3,(H,9,11)(H,13,14). The van der Waals surface area contributed by atoms with Crippen molar-refractivity contribution >= 4 is 17.8 Å². The van der Waals surface area contributed by atoms with Crippen molar-refractivity contribution in [3.8, 4) is 0 Å². The summed E-state index contributed by atoms with van der Waals surface area (Å²) in [5.41, 5.74) is 0. The van der Waals surface area contributed by atoms with Crippen LogP contribution in [0, 0.1) is 0 Å². The minimum Gasteiger partial charge on any atom is -0.474 e. The molecule has 1 saturated heterocycles. The van der Waals surface area contributed by atoms with Crippen molar-refractivity contribution in [2.75, 3.05) is 13.1 Å². The second kappa shape index (κ2) is 4.08. The SMILES string of the molecule is CCC1C(=O)NCCN1C(=O)C(=O)O. The third-order valence-electron chi connectivity index (χ3n) is 2.16. The third-order valence-corrected chi connectivity index (χ3v) is 2.16. The first-order chi connectivity index (χ1) is 6.57. The van der Waals surface area contributed by atoms with Crippen molar-refractivity contribution in [1.29, 1.82) is 0 Å². The van der Waals surface area contributed by atoms with Gasteiger partial charge in [0, 0.05) is 13.1 Å². The molecule has 0 aromatic heterocycles. The molecule has 1 rings (SSSR count). The second-order valence-electron chi connectivity index (χ2n) is 3.02. The van der Waals surface area contributed by atoms with Crippen LogP contribution in [-0.2, 0) is 14.4 Å². The monoisotopic (exact) mass is 200 g/mol. The van der Waals surface area contributed by atoms with Crippen LogP contribution in [0.25, 0.3) is 0 Å². The third kappa shape index (κ3) is 1.84. The van der Waals surface area contributed by atoms with E-state index in [9.17, 15) is 14.4 Å². The number of rotatable bonds is 1. The van der Waals surface area contributed by atoms with Crippen LogP contribution in [0.1, 0.15) is 13.3 Å². The van der Waals surface area contributed by atoms with Crippen molar-refractivity contribution in [3.05, 3.63) is 0 Å². The lowest BCUT2D eigenvalue weighted by atomic mass is 10.1. The maximum Gasteiger partial charge on any atom is 0.394 e. The van der Waals surface area contributed by atoms with Crippen LogP contribution < -0.4 is 5.32 Å². The summed E-state index contributed by atoms with van der Waals surface area (Å²) in [5, 5.41) is 11.1. The summed E-state index contributed by atoms with van der Waals surface area (Å²) in [7, 11) is 0. The van der Waals surface area contributed by atoms with Crippen LogP contribution in [0.2, 0.25) is 0 Å². The predicted molar refractivity (Wildman–Crippen MR) is 46.4 cm³/mol. The van der Waals surface area contributed by atoms with Gasteiger partial charge in [-0.15, -0.1) is 0 Å². The highest BCUT2D eigenvalue weighted by Gasteiger charge is 2.34. The Bertz CT molecular complexity index is 277. The first-order valence-corrected chi connectivity index (χ1v) is 4.39. The zero-order chi connectivity index (χ0) is 10.7. The van der Waals surface area contributed by atoms with Crippen molar-refractivity contribution in [2.45, 2.75) is 19.4 Å². The molecule has 1 aliphatic rings. The molecule has 0 aliphatic carbocycles. The molecule has 6 heteroatoms. The van der Waals surface area contributed by atoms with Gasteiger partial charge >= 0.3 is 11.9 Å². The highest BCUT2D eigenvalue weighted by atomic mass is 16.4. The zero-order valence-corrected chi connectivity index (χ0v) is 7.82. The Labute approximate surface area is 80.9 Å². The number of hydrogen-bond acceptors (Lipinski definition) is 3. The van der Waals surface area contributed by atoms with E-state index in [-0.39, 0.29) is 12.5 Å². The van der Waals surface area contributed by atoms with Gasteiger partial charge in [0.2, 0.25) is 5.91 Å². The Balaban J connectivity index is 2.79. The number of carboxylic acid groups (broad SMARTS) is 1. The lowest BCUT2D eigenvalue weighted by Gasteiger charge is -2.33. The Morgan fingerprint density at radius 2 is 2.29 bits per heavy atom. The van der Waals surface area contributed by atoms with Gasteiger partial charge in [0.15, 0.2) is 0 Å². The van der Waals surface area contributed by atoms with Crippen LogP contribution in [0.3, 0.4) is 0 Å². The molecule has 0 bridgehead atoms. The number of hydrogen-bond donors (Lipinski definition) is 2. The summed E-state index contributed by atoms with van der Waals surface area (Å²) in [4.78, 5) is 34.0. The van der Waals surface area contributed by atoms with Gasteiger partial charge in [-0.3, -0.25) is 9.59 Å². The fourth-order valence-corrected chi connectivity index (χ4v) is 1.49. The molecule has 78 valence electrons. The van der Waals surface area contributed by atoms with Crippen LogP contribution in [-0.4, -0.2) is 46.9 Å². The van der Waals surface area contributed by atoms with E-state index in [2.05, 4.69) is 5.32 Å². The van der Waals surface area contributed by atoms with Crippen LogP contribution in [0.15, 0.2) is 0 Å². The Kier molecular flexibility index (Phi) is 3.06. The molecule has 14 heavy (non-hydrogen) atoms. The molecule has 0 saturated carbocycles. The minimum atomic E-state index is -1.52. The van der Waals surface area contributed by atoms with Crippen molar-refractivity contribution in [3.63, 3.8) is 0 Å². The molecular formula is C8H12N2O4. The normalized spacial score (nSPS) is 21.6. The molecule has 1 fully saturated rings. The first kappa shape index (κ1) is 10.5. The second-order valence-corrected chi connectivity index (χ2v) is 3.02. The van der Waals surface area contributed by atoms with Gasteiger partial charge in [-0.25, -0.2) is 4.79 Å². The van der Waals surface area contributed by atoms with Crippen LogP contribution >= 0.6 is 0 Å². The molecule has 1 unspecified atom stereocenters. The first-order valence-electron chi connectivity index (χ1n) is 4.39. The smallest absolute Gasteiger partial charge is 0.394 e. The fraction of sp³-hybridized carbons (Fsp3) is 0.625. The van der Waals surface area contributed by atoms with E-state index in [1.807, 2.05) is 0 Å². The lowest BCUT2D eigenvalue weighted by molar-refractivity contribution is -0.159. The number of nitrogens with one attached hydrogen (secondary N) is 1. The molecule has 1 aliphatic heterocycles. The van der Waals surface area contributed by atoms with E-state index in [1.54, 1.807) is 6.92 Å². The van der Waals surface area contributed by atoms with Crippen LogP contribution in [0.4, 0.5) is 0 Å². The molecule has 0 radical (unpaired) electrons. The van der Waals surface area contributed by atoms with Gasteiger partial charge in [0.05, 0.1) is 0 Å². The van der Waals surface area contributed by atoms with Gasteiger partial charge in [-0.1, -0.05) is 6.92 Å². The Hall–Kier alpha value is -1.59. The van der Waals surface area contributed by atoms with Crippen molar-refractivity contribution in [1.82, 2.24) is 10.2 Å². The fourth-order valence-electron chi connectivity index (χ4n) is 1.49. The summed E-state index contributed by atoms with van der Waals surface area (Å²) in [5.74, 6) is -2.81. The average Bonchev–Trinajstić information content (AvgIpc) is 2.16. The summed E-state index contributed by atoms with van der Waals surface area (Å²) >= 11 is 0. The van der Waals surface area contributed by atoms with E-state index < -0.39 is 17.9 Å². The summed E-state index contributed by atoms with van der Waals surface area (Å²) in [6, 6.07) is -0.646. The number of amides is 2. The van der Waals surface area contributed by atoms with Gasteiger partial charge < -0.3 is 15.3 Å². The topological polar surface area (TPSA) is 86.7 Å². The molecule has 2 N–H and O–H groups in total. The molecule has 6 nitrogen and oxygen atoms in total. The summed E-state index contributed by atoms with van der Waals surface area (Å²) in [6.45, 7) is 2.31. The number of carboxylic acids is 1. The van der Waals surface area contributed by atoms with Gasteiger partial charge in [-0.2, -0.15) is 0 Å². The van der Waals surface area contributed by atoms with E-state index in [0.29, 0.717) is 13.0 Å². The van der Waals surface area contributed by atoms with Gasteiger partial charge in [-0.05, 0) is 6.42 Å². The molecule has 1 heterocycles. The number of nitrogens with zero attached hydrogens (tertiary/aromatic N) is 1. The minimum absolute atomic E-state index is 0.259. The molecule has 0 spiro atoms. The highest BCUT2D eigenvalue weighted by molar-refractivity contribution is 6.32. The van der Waals surface area contributed by atoms with Crippen molar-refractivity contribution < 1.29 is 19.5 Å². The highest BCUT2D eigenvalue weighted by Crippen LogP contribution is 2.08. The predicted octanol–water partition coefficient (Wildman–Crippen LogP) is -1.19. The lowest BCUT2D eigenvalue weighted by Crippen LogP contribution is -2.58. The quantitative estimate of drug-likeness (QED) is 0.521. The number of carbonyl (C=O) groups excluding carboxylic acids is 2. The van der Waals surface area contributed by atoms with E-state index in [1.165, 1.54) is 0 Å². The van der Waals surface area contributed by atoms with E-state index in [0.717, 1.165) is 4.90 Å². The van der Waals surface area contributed by atoms with Crippen molar-refractivity contribution in [2.24, 2.45) is 0 Å².